The Bertz CT molecular complexity index is 1160. The molecule has 4 fully saturated rings. The molecule has 0 aromatic heterocycles. The summed E-state index contributed by atoms with van der Waals surface area (Å²) in [4.78, 5) is 13.6. The average Bonchev–Trinajstić information content (AvgIpc) is 3.39. The molecule has 0 spiro atoms. The van der Waals surface area contributed by atoms with Crippen molar-refractivity contribution in [2.45, 2.75) is 109 Å². The van der Waals surface area contributed by atoms with Gasteiger partial charge in [0.2, 0.25) is 0 Å². The van der Waals surface area contributed by atoms with Crippen molar-refractivity contribution in [2.75, 3.05) is 0 Å². The molecule has 9 atom stereocenters. The molecule has 1 heterocycles. The van der Waals surface area contributed by atoms with E-state index in [4.69, 9.17) is 14.2 Å². The first-order chi connectivity index (χ1) is 17.2. The van der Waals surface area contributed by atoms with Crippen LogP contribution in [0, 0.1) is 22.7 Å². The third kappa shape index (κ3) is 3.34. The van der Waals surface area contributed by atoms with Crippen molar-refractivity contribution in [2.24, 2.45) is 22.7 Å². The maximum Gasteiger partial charge on any atom is 0.338 e. The van der Waals surface area contributed by atoms with Crippen molar-refractivity contribution in [1.82, 2.24) is 0 Å². The molecule has 1 aromatic rings. The number of fused-ring (bicyclic) bond motifs is 8. The van der Waals surface area contributed by atoms with Gasteiger partial charge >= 0.3 is 5.97 Å². The lowest BCUT2D eigenvalue weighted by Crippen LogP contribution is -2.71. The number of esters is 1. The maximum absolute atomic E-state index is 13.6. The Kier molecular flexibility index (Phi) is 5.28. The molecule has 3 saturated carbocycles. The Hall–Kier alpha value is -1.77. The Morgan fingerprint density at radius 2 is 1.70 bits per heavy atom. The highest BCUT2D eigenvalue weighted by Crippen LogP contribution is 2.70. The number of aliphatic hydroxyl groups is 3. The highest BCUT2D eigenvalue weighted by atomic mass is 16.8. The Labute approximate surface area is 218 Å². The quantitative estimate of drug-likeness (QED) is 0.409. The molecule has 7 heteroatoms. The van der Waals surface area contributed by atoms with E-state index in [0.717, 1.165) is 24.0 Å². The van der Waals surface area contributed by atoms with E-state index in [-0.39, 0.29) is 12.3 Å². The monoisotopic (exact) mass is 512 g/mol. The van der Waals surface area contributed by atoms with Crippen LogP contribution < -0.4 is 0 Å². The smallest absolute Gasteiger partial charge is 0.338 e. The van der Waals surface area contributed by atoms with Crippen LogP contribution in [0.2, 0.25) is 0 Å². The zero-order chi connectivity index (χ0) is 26.8. The third-order valence-corrected chi connectivity index (χ3v) is 10.6. The largest absolute Gasteiger partial charge is 0.455 e. The van der Waals surface area contributed by atoms with E-state index in [0.29, 0.717) is 12.0 Å². The molecule has 0 unspecified atom stereocenters. The normalized spacial score (nSPS) is 47.2. The lowest BCUT2D eigenvalue weighted by atomic mass is 9.48. The van der Waals surface area contributed by atoms with Gasteiger partial charge in [0.1, 0.15) is 17.8 Å². The first kappa shape index (κ1) is 25.5. The SMILES string of the molecule is CC1=C2[C@H]3OC(C)(C)O[C@@H]3[C@]3(C)CC[C@@H]4C[C@]4(O)[C@H]3[C@H](OC(=O)c3ccccc3)[C@](O)(C[C@@H]1O)C2(C)C. The first-order valence-corrected chi connectivity index (χ1v) is 13.6. The number of ether oxygens (including phenoxy) is 3. The predicted molar refractivity (Wildman–Crippen MR) is 135 cm³/mol. The molecule has 1 saturated heterocycles. The topological polar surface area (TPSA) is 105 Å². The van der Waals surface area contributed by atoms with E-state index < -0.39 is 64.1 Å². The molecule has 6 rings (SSSR count). The van der Waals surface area contributed by atoms with Gasteiger partial charge in [0.25, 0.3) is 0 Å². The van der Waals surface area contributed by atoms with Gasteiger partial charge in [-0.2, -0.15) is 0 Å². The van der Waals surface area contributed by atoms with E-state index in [1.165, 1.54) is 0 Å². The van der Waals surface area contributed by atoms with Gasteiger partial charge < -0.3 is 29.5 Å². The zero-order valence-electron chi connectivity index (χ0n) is 22.7. The van der Waals surface area contributed by atoms with Crippen LogP contribution in [0.5, 0.6) is 0 Å². The Balaban J connectivity index is 1.59. The van der Waals surface area contributed by atoms with Gasteiger partial charge in [0.15, 0.2) is 5.79 Å². The number of hydrogen-bond acceptors (Lipinski definition) is 7. The van der Waals surface area contributed by atoms with Crippen molar-refractivity contribution >= 4 is 5.97 Å². The summed E-state index contributed by atoms with van der Waals surface area (Å²) in [5.74, 6) is -1.97. The summed E-state index contributed by atoms with van der Waals surface area (Å²) in [6, 6.07) is 8.75. The summed E-state index contributed by atoms with van der Waals surface area (Å²) in [6.45, 7) is 11.6. The minimum atomic E-state index is -1.65. The van der Waals surface area contributed by atoms with Gasteiger partial charge in [-0.3, -0.25) is 0 Å². The first-order valence-electron chi connectivity index (χ1n) is 13.6. The van der Waals surface area contributed by atoms with Crippen molar-refractivity contribution in [1.29, 1.82) is 0 Å². The van der Waals surface area contributed by atoms with Crippen LogP contribution in [0.15, 0.2) is 41.5 Å². The standard InChI is InChI=1S/C30H40O7/c1-16-19(31)15-30(34)24(35-25(32)17-10-8-7-9-11-17)22-28(6,13-12-18-14-29(18,22)33)23-21(20(16)26(30,2)3)36-27(4,5)37-23/h7-11,18-19,21-24,31,33-34H,12-15H2,1-6H3/t18-,19+,21-,22+,23+,24+,28-,29-,30-/m1/s1. The molecule has 5 aliphatic rings. The fraction of sp³-hybridized carbons (Fsp3) is 0.700. The van der Waals surface area contributed by atoms with Crippen LogP contribution in [0.3, 0.4) is 0 Å². The second kappa shape index (κ2) is 7.66. The van der Waals surface area contributed by atoms with E-state index >= 15 is 0 Å². The van der Waals surface area contributed by atoms with Crippen LogP contribution in [0.4, 0.5) is 0 Å². The van der Waals surface area contributed by atoms with Crippen LogP contribution in [0.1, 0.15) is 77.6 Å². The number of carbonyl (C=O) groups excluding carboxylic acids is 1. The van der Waals surface area contributed by atoms with Crippen LogP contribution in [-0.2, 0) is 14.2 Å². The lowest BCUT2D eigenvalue weighted by molar-refractivity contribution is -0.244. The summed E-state index contributed by atoms with van der Waals surface area (Å²) in [6.07, 6.45) is -0.808. The number of rotatable bonds is 2. The highest BCUT2D eigenvalue weighted by Gasteiger charge is 2.77. The molecule has 202 valence electrons. The number of benzene rings is 1. The van der Waals surface area contributed by atoms with Gasteiger partial charge in [-0.1, -0.05) is 39.0 Å². The number of hydrogen-bond donors (Lipinski definition) is 3. The Morgan fingerprint density at radius 3 is 2.38 bits per heavy atom. The van der Waals surface area contributed by atoms with Gasteiger partial charge in [-0.15, -0.1) is 0 Å². The van der Waals surface area contributed by atoms with Crippen molar-refractivity contribution < 1.29 is 34.3 Å². The molecule has 7 nitrogen and oxygen atoms in total. The summed E-state index contributed by atoms with van der Waals surface area (Å²) in [7, 11) is 0. The van der Waals surface area contributed by atoms with Crippen LogP contribution >= 0.6 is 0 Å². The van der Waals surface area contributed by atoms with Gasteiger partial charge in [0, 0.05) is 23.2 Å². The van der Waals surface area contributed by atoms with Crippen LogP contribution in [0.25, 0.3) is 0 Å². The van der Waals surface area contributed by atoms with Gasteiger partial charge in [0.05, 0.1) is 23.4 Å². The molecule has 37 heavy (non-hydrogen) atoms. The molecular formula is C30H40O7. The minimum absolute atomic E-state index is 0.00294. The van der Waals surface area contributed by atoms with Crippen LogP contribution in [-0.4, -0.2) is 62.7 Å². The summed E-state index contributed by atoms with van der Waals surface area (Å²) in [5, 5.41) is 36.1. The molecule has 4 aliphatic carbocycles. The molecule has 2 bridgehead atoms. The van der Waals surface area contributed by atoms with Crippen molar-refractivity contribution in [3.8, 4) is 0 Å². The maximum atomic E-state index is 13.6. The fourth-order valence-corrected chi connectivity index (χ4v) is 8.52. The van der Waals surface area contributed by atoms with E-state index in [1.807, 2.05) is 40.7 Å². The predicted octanol–water partition coefficient (Wildman–Crippen LogP) is 3.75. The molecule has 0 amide bonds. The second-order valence-electron chi connectivity index (χ2n) is 13.4. The van der Waals surface area contributed by atoms with Gasteiger partial charge in [-0.25, -0.2) is 4.79 Å². The molecule has 0 radical (unpaired) electrons. The highest BCUT2D eigenvalue weighted by molar-refractivity contribution is 5.89. The van der Waals surface area contributed by atoms with Gasteiger partial charge in [-0.05, 0) is 69.2 Å². The summed E-state index contributed by atoms with van der Waals surface area (Å²) >= 11 is 0. The Morgan fingerprint density at radius 1 is 1.03 bits per heavy atom. The van der Waals surface area contributed by atoms with E-state index in [9.17, 15) is 20.1 Å². The van der Waals surface area contributed by atoms with E-state index in [2.05, 4.69) is 6.92 Å². The minimum Gasteiger partial charge on any atom is -0.455 e. The second-order valence-corrected chi connectivity index (χ2v) is 13.4. The van der Waals surface area contributed by atoms with E-state index in [1.54, 1.807) is 24.3 Å². The summed E-state index contributed by atoms with van der Waals surface area (Å²) < 4.78 is 19.5. The zero-order valence-corrected chi connectivity index (χ0v) is 22.7. The molecular weight excluding hydrogens is 472 g/mol. The molecule has 1 aromatic carbocycles. The number of aliphatic hydroxyl groups excluding tert-OH is 1. The summed E-state index contributed by atoms with van der Waals surface area (Å²) in [5.41, 5.74) is -2.40. The fourth-order valence-electron chi connectivity index (χ4n) is 8.52. The third-order valence-electron chi connectivity index (χ3n) is 10.6. The van der Waals surface area contributed by atoms with Crippen molar-refractivity contribution in [3.63, 3.8) is 0 Å². The molecule has 1 aliphatic heterocycles. The molecule has 3 N–H and O–H groups in total. The van der Waals surface area contributed by atoms with Crippen molar-refractivity contribution in [3.05, 3.63) is 47.0 Å². The number of carbonyl (C=O) groups is 1. The lowest BCUT2D eigenvalue weighted by Gasteiger charge is -2.62. The average molecular weight is 513 g/mol.